The Morgan fingerprint density at radius 2 is 1.74 bits per heavy atom. The number of rotatable bonds is 4. The van der Waals surface area contributed by atoms with E-state index in [-0.39, 0.29) is 17.2 Å². The molecule has 0 aliphatic carbocycles. The Balaban J connectivity index is 2.25. The fraction of sp³-hybridized carbons (Fsp3) is 0.0714. The van der Waals surface area contributed by atoms with Crippen molar-refractivity contribution < 1.29 is 9.53 Å². The Labute approximate surface area is 125 Å². The molecule has 0 N–H and O–H groups in total. The summed E-state index contributed by atoms with van der Waals surface area (Å²) in [6.07, 6.45) is 0. The third-order valence-corrected chi connectivity index (χ3v) is 3.51. The van der Waals surface area contributed by atoms with Crippen LogP contribution in [0.25, 0.3) is 0 Å². The second-order valence-corrected chi connectivity index (χ2v) is 4.89. The number of benzene rings is 2. The van der Waals surface area contributed by atoms with Gasteiger partial charge in [0.05, 0.1) is 10.6 Å². The van der Waals surface area contributed by atoms with Gasteiger partial charge < -0.3 is 4.74 Å². The van der Waals surface area contributed by atoms with E-state index >= 15 is 0 Å². The van der Waals surface area contributed by atoms with Gasteiger partial charge in [0.15, 0.2) is 0 Å². The molecule has 0 fully saturated rings. The molecule has 5 heteroatoms. The SMILES string of the molecule is O=C(Cl)c1ccc(Cl)c(COc2ccccc2)c1Cl. The molecule has 0 aliphatic rings. The van der Waals surface area contributed by atoms with Gasteiger partial charge >= 0.3 is 0 Å². The van der Waals surface area contributed by atoms with E-state index in [1.165, 1.54) is 6.07 Å². The van der Waals surface area contributed by atoms with Crippen molar-refractivity contribution in [2.75, 3.05) is 0 Å². The highest BCUT2D eigenvalue weighted by atomic mass is 35.5. The van der Waals surface area contributed by atoms with E-state index in [1.54, 1.807) is 6.07 Å². The summed E-state index contributed by atoms with van der Waals surface area (Å²) in [5, 5.41) is 0.0358. The van der Waals surface area contributed by atoms with Crippen LogP contribution < -0.4 is 4.74 Å². The second kappa shape index (κ2) is 6.29. The summed E-state index contributed by atoms with van der Waals surface area (Å²) in [4.78, 5) is 11.2. The molecule has 0 radical (unpaired) electrons. The predicted molar refractivity (Wildman–Crippen MR) is 77.4 cm³/mol. The van der Waals surface area contributed by atoms with E-state index in [0.29, 0.717) is 16.3 Å². The van der Waals surface area contributed by atoms with Crippen molar-refractivity contribution in [2.45, 2.75) is 6.61 Å². The molecule has 2 aromatic rings. The zero-order chi connectivity index (χ0) is 13.8. The second-order valence-electron chi connectivity index (χ2n) is 3.76. The molecule has 98 valence electrons. The minimum atomic E-state index is -0.623. The normalized spacial score (nSPS) is 10.3. The van der Waals surface area contributed by atoms with Gasteiger partial charge in [0, 0.05) is 10.6 Å². The quantitative estimate of drug-likeness (QED) is 0.746. The summed E-state index contributed by atoms with van der Waals surface area (Å²) in [6, 6.07) is 12.3. The van der Waals surface area contributed by atoms with Gasteiger partial charge in [0.25, 0.3) is 5.24 Å². The fourth-order valence-electron chi connectivity index (χ4n) is 1.55. The number of halogens is 3. The van der Waals surface area contributed by atoms with Gasteiger partial charge in [0.2, 0.25) is 0 Å². The van der Waals surface area contributed by atoms with Crippen LogP contribution in [0, 0.1) is 0 Å². The number of ether oxygens (including phenoxy) is 1. The van der Waals surface area contributed by atoms with Crippen LogP contribution in [-0.2, 0) is 6.61 Å². The van der Waals surface area contributed by atoms with E-state index in [0.717, 1.165) is 0 Å². The average molecular weight is 316 g/mol. The van der Waals surface area contributed by atoms with Crippen molar-refractivity contribution in [3.8, 4) is 5.75 Å². The molecular weight excluding hydrogens is 307 g/mol. The molecular formula is C14H9Cl3O2. The highest BCUT2D eigenvalue weighted by Crippen LogP contribution is 2.30. The van der Waals surface area contributed by atoms with Gasteiger partial charge in [-0.15, -0.1) is 0 Å². The van der Waals surface area contributed by atoms with E-state index in [4.69, 9.17) is 39.5 Å². The molecule has 0 atom stereocenters. The van der Waals surface area contributed by atoms with Crippen LogP contribution in [-0.4, -0.2) is 5.24 Å². The van der Waals surface area contributed by atoms with Gasteiger partial charge in [0.1, 0.15) is 12.4 Å². The largest absolute Gasteiger partial charge is 0.489 e. The molecule has 0 amide bonds. The Kier molecular flexibility index (Phi) is 4.70. The Morgan fingerprint density at radius 3 is 2.37 bits per heavy atom. The van der Waals surface area contributed by atoms with Gasteiger partial charge in [-0.05, 0) is 35.9 Å². The van der Waals surface area contributed by atoms with Crippen molar-refractivity contribution in [1.29, 1.82) is 0 Å². The molecule has 0 heterocycles. The molecule has 0 aromatic heterocycles. The molecule has 0 unspecified atom stereocenters. The molecule has 2 aromatic carbocycles. The lowest BCUT2D eigenvalue weighted by Gasteiger charge is -2.11. The van der Waals surface area contributed by atoms with Crippen molar-refractivity contribution in [2.24, 2.45) is 0 Å². The van der Waals surface area contributed by atoms with Crippen molar-refractivity contribution in [3.63, 3.8) is 0 Å². The van der Waals surface area contributed by atoms with Crippen LogP contribution in [0.1, 0.15) is 15.9 Å². The maximum absolute atomic E-state index is 11.2. The van der Waals surface area contributed by atoms with Gasteiger partial charge in [-0.3, -0.25) is 4.79 Å². The third-order valence-electron chi connectivity index (χ3n) is 2.52. The van der Waals surface area contributed by atoms with Crippen LogP contribution in [0.5, 0.6) is 5.75 Å². The molecule has 0 saturated heterocycles. The van der Waals surface area contributed by atoms with Gasteiger partial charge in [-0.1, -0.05) is 41.4 Å². The number of hydrogen-bond acceptors (Lipinski definition) is 2. The van der Waals surface area contributed by atoms with Crippen LogP contribution in [0.3, 0.4) is 0 Å². The zero-order valence-electron chi connectivity index (χ0n) is 9.70. The first kappa shape index (κ1) is 14.2. The first-order valence-electron chi connectivity index (χ1n) is 5.44. The smallest absolute Gasteiger partial charge is 0.253 e. The lowest BCUT2D eigenvalue weighted by atomic mass is 10.1. The summed E-state index contributed by atoms with van der Waals surface area (Å²) in [5.74, 6) is 0.692. The third kappa shape index (κ3) is 3.41. The van der Waals surface area contributed by atoms with Gasteiger partial charge in [-0.2, -0.15) is 0 Å². The Morgan fingerprint density at radius 1 is 1.05 bits per heavy atom. The number of hydrogen-bond donors (Lipinski definition) is 0. The average Bonchev–Trinajstić information content (AvgIpc) is 2.39. The summed E-state index contributed by atoms with van der Waals surface area (Å²) in [5.41, 5.74) is 0.762. The van der Waals surface area contributed by atoms with Crippen molar-refractivity contribution in [1.82, 2.24) is 0 Å². The van der Waals surface area contributed by atoms with Gasteiger partial charge in [-0.25, -0.2) is 0 Å². The van der Waals surface area contributed by atoms with E-state index in [9.17, 15) is 4.79 Å². The fourth-order valence-corrected chi connectivity index (χ4v) is 2.33. The molecule has 0 bridgehead atoms. The minimum Gasteiger partial charge on any atom is -0.489 e. The molecule has 2 rings (SSSR count). The molecule has 19 heavy (non-hydrogen) atoms. The minimum absolute atomic E-state index is 0.166. The summed E-state index contributed by atoms with van der Waals surface area (Å²) in [7, 11) is 0. The predicted octanol–water partition coefficient (Wildman–Crippen LogP) is 4.95. The van der Waals surface area contributed by atoms with E-state index in [1.807, 2.05) is 30.3 Å². The first-order valence-corrected chi connectivity index (χ1v) is 6.57. The van der Waals surface area contributed by atoms with Crippen molar-refractivity contribution >= 4 is 40.0 Å². The first-order chi connectivity index (χ1) is 9.09. The summed E-state index contributed by atoms with van der Waals surface area (Å²) < 4.78 is 5.57. The number of carbonyl (C=O) groups is 1. The Bertz CT molecular complexity index is 597. The highest BCUT2D eigenvalue weighted by molar-refractivity contribution is 6.68. The van der Waals surface area contributed by atoms with Crippen molar-refractivity contribution in [3.05, 3.63) is 63.6 Å². The van der Waals surface area contributed by atoms with E-state index < -0.39 is 5.24 Å². The molecule has 0 aliphatic heterocycles. The maximum Gasteiger partial charge on any atom is 0.253 e. The zero-order valence-corrected chi connectivity index (χ0v) is 12.0. The number of para-hydroxylation sites is 1. The van der Waals surface area contributed by atoms with Crippen LogP contribution >= 0.6 is 34.8 Å². The highest BCUT2D eigenvalue weighted by Gasteiger charge is 2.15. The van der Waals surface area contributed by atoms with Crippen LogP contribution in [0.2, 0.25) is 10.0 Å². The maximum atomic E-state index is 11.2. The standard InChI is InChI=1S/C14H9Cl3O2/c15-12-7-6-10(14(17)18)13(16)11(12)8-19-9-4-2-1-3-5-9/h1-7H,8H2. The van der Waals surface area contributed by atoms with E-state index in [2.05, 4.69) is 0 Å². The Hall–Kier alpha value is -1.22. The molecule has 2 nitrogen and oxygen atoms in total. The number of carbonyl (C=O) groups excluding carboxylic acids is 1. The molecule has 0 spiro atoms. The molecule has 0 saturated carbocycles. The topological polar surface area (TPSA) is 26.3 Å². The summed E-state index contributed by atoms with van der Waals surface area (Å²) in [6.45, 7) is 0.166. The lowest BCUT2D eigenvalue weighted by molar-refractivity contribution is 0.108. The van der Waals surface area contributed by atoms with Crippen LogP contribution in [0.4, 0.5) is 0 Å². The van der Waals surface area contributed by atoms with Crippen LogP contribution in [0.15, 0.2) is 42.5 Å². The monoisotopic (exact) mass is 314 g/mol. The lowest BCUT2D eigenvalue weighted by Crippen LogP contribution is -2.01. The summed E-state index contributed by atoms with van der Waals surface area (Å²) >= 11 is 17.6.